The van der Waals surface area contributed by atoms with E-state index in [9.17, 15) is 0 Å². The van der Waals surface area contributed by atoms with Gasteiger partial charge in [0.2, 0.25) is 0 Å². The second-order valence-corrected chi connectivity index (χ2v) is 16.6. The number of hydrogen-bond donors (Lipinski definition) is 0. The second-order valence-electron chi connectivity index (χ2n) is 16.6. The molecule has 0 fully saturated rings. The molecule has 1 aliphatic carbocycles. The minimum atomic E-state index is -0.580. The Balaban J connectivity index is 1.03. The number of pyridine rings is 1. The highest BCUT2D eigenvalue weighted by molar-refractivity contribution is 6.20. The van der Waals surface area contributed by atoms with Crippen molar-refractivity contribution in [2.45, 2.75) is 5.41 Å². The maximum absolute atomic E-state index is 6.67. The molecule has 2 aliphatic rings. The van der Waals surface area contributed by atoms with Crippen LogP contribution in [0.1, 0.15) is 22.3 Å². The highest BCUT2D eigenvalue weighted by Crippen LogP contribution is 2.63. The monoisotopic (exact) mass is 815 g/mol. The van der Waals surface area contributed by atoms with Crippen molar-refractivity contribution >= 4 is 21.7 Å². The molecule has 2 aromatic heterocycles. The van der Waals surface area contributed by atoms with Crippen molar-refractivity contribution in [1.29, 1.82) is 0 Å². The Kier molecular flexibility index (Phi) is 8.09. The first kappa shape index (κ1) is 36.2. The smallest absolute Gasteiger partial charge is 0.160 e. The first-order valence-corrected chi connectivity index (χ1v) is 21.8. The molecule has 9 aromatic carbocycles. The molecule has 1 aliphatic heterocycles. The normalized spacial score (nSPS) is 12.9. The van der Waals surface area contributed by atoms with E-state index in [0.717, 1.165) is 89.4 Å². The molecule has 4 heteroatoms. The summed E-state index contributed by atoms with van der Waals surface area (Å²) in [4.78, 5) is 15.6. The number of rotatable bonds is 5. The zero-order valence-electron chi connectivity index (χ0n) is 34.6. The first-order chi connectivity index (χ1) is 31.7. The molecule has 0 N–H and O–H groups in total. The molecule has 0 unspecified atom stereocenters. The van der Waals surface area contributed by atoms with Crippen molar-refractivity contribution in [1.82, 2.24) is 15.0 Å². The molecule has 0 bridgehead atoms. The summed E-state index contributed by atoms with van der Waals surface area (Å²) in [6.07, 6.45) is 0. The summed E-state index contributed by atoms with van der Waals surface area (Å²) >= 11 is 0. The van der Waals surface area contributed by atoms with E-state index < -0.39 is 5.41 Å². The topological polar surface area (TPSA) is 47.9 Å². The molecular weight excluding hydrogens is 779 g/mol. The van der Waals surface area contributed by atoms with Crippen molar-refractivity contribution in [2.24, 2.45) is 0 Å². The van der Waals surface area contributed by atoms with Crippen molar-refractivity contribution in [3.8, 4) is 78.9 Å². The van der Waals surface area contributed by atoms with Crippen LogP contribution in [0.25, 0.3) is 89.1 Å². The van der Waals surface area contributed by atoms with Crippen LogP contribution in [0.5, 0.6) is 11.5 Å². The van der Waals surface area contributed by atoms with E-state index in [0.29, 0.717) is 5.82 Å². The fourth-order valence-electron chi connectivity index (χ4n) is 10.3. The fraction of sp³-hybridized carbons (Fsp3) is 0.0167. The van der Waals surface area contributed by atoms with Gasteiger partial charge in [-0.3, -0.25) is 0 Å². The highest BCUT2D eigenvalue weighted by Gasteiger charge is 2.51. The summed E-state index contributed by atoms with van der Waals surface area (Å²) in [6.45, 7) is 0. The third-order valence-electron chi connectivity index (χ3n) is 13.2. The Morgan fingerprint density at radius 1 is 0.344 bits per heavy atom. The molecule has 0 saturated heterocycles. The van der Waals surface area contributed by atoms with E-state index in [1.807, 2.05) is 36.4 Å². The Morgan fingerprint density at radius 3 is 1.55 bits per heavy atom. The molecule has 4 nitrogen and oxygen atoms in total. The number of hydrogen-bond acceptors (Lipinski definition) is 4. The van der Waals surface area contributed by atoms with Gasteiger partial charge in [0, 0.05) is 49.5 Å². The van der Waals surface area contributed by atoms with Gasteiger partial charge in [-0.1, -0.05) is 194 Å². The molecule has 11 aromatic rings. The SMILES string of the molecule is c1ccc(-c2cc(-c3ccc(-c4ccc5nc(-c6ccccc6)c6ccc7c(c6c5c4)-c4ccccc4C74c5ccccc5Oc5ccccc54)cc3)nc(-c3ccccc3)n2)cc1. The third-order valence-corrected chi connectivity index (χ3v) is 13.2. The summed E-state index contributed by atoms with van der Waals surface area (Å²) in [7, 11) is 0. The van der Waals surface area contributed by atoms with E-state index in [2.05, 4.69) is 188 Å². The minimum Gasteiger partial charge on any atom is -0.457 e. The van der Waals surface area contributed by atoms with Crippen molar-refractivity contribution < 1.29 is 4.74 Å². The van der Waals surface area contributed by atoms with Gasteiger partial charge in [0.15, 0.2) is 5.82 Å². The summed E-state index contributed by atoms with van der Waals surface area (Å²) in [5.74, 6) is 2.47. The van der Waals surface area contributed by atoms with Crippen molar-refractivity contribution in [2.75, 3.05) is 0 Å². The molecule has 0 saturated carbocycles. The average molecular weight is 816 g/mol. The van der Waals surface area contributed by atoms with Crippen LogP contribution in [0.2, 0.25) is 0 Å². The van der Waals surface area contributed by atoms with Crippen LogP contribution in [0.4, 0.5) is 0 Å². The third kappa shape index (κ3) is 5.46. The lowest BCUT2D eigenvalue weighted by atomic mass is 9.66. The predicted octanol–water partition coefficient (Wildman–Crippen LogP) is 15.0. The van der Waals surface area contributed by atoms with E-state index in [4.69, 9.17) is 19.7 Å². The van der Waals surface area contributed by atoms with Gasteiger partial charge in [-0.05, 0) is 63.7 Å². The number of benzene rings is 9. The van der Waals surface area contributed by atoms with Crippen LogP contribution in [0, 0.1) is 0 Å². The van der Waals surface area contributed by atoms with Gasteiger partial charge in [-0.25, -0.2) is 15.0 Å². The summed E-state index contributed by atoms with van der Waals surface area (Å²) in [5, 5.41) is 3.44. The average Bonchev–Trinajstić information content (AvgIpc) is 3.67. The van der Waals surface area contributed by atoms with E-state index >= 15 is 0 Å². The number of fused-ring (bicyclic) bond motifs is 13. The van der Waals surface area contributed by atoms with Gasteiger partial charge in [-0.15, -0.1) is 0 Å². The number of nitrogens with zero attached hydrogens (tertiary/aromatic N) is 3. The van der Waals surface area contributed by atoms with Crippen LogP contribution in [-0.4, -0.2) is 15.0 Å². The molecule has 13 rings (SSSR count). The molecule has 298 valence electrons. The van der Waals surface area contributed by atoms with Crippen LogP contribution in [0.3, 0.4) is 0 Å². The largest absolute Gasteiger partial charge is 0.457 e. The Morgan fingerprint density at radius 2 is 0.875 bits per heavy atom. The predicted molar refractivity (Wildman–Crippen MR) is 259 cm³/mol. The second kappa shape index (κ2) is 14.3. The van der Waals surface area contributed by atoms with Gasteiger partial charge in [0.1, 0.15) is 11.5 Å². The van der Waals surface area contributed by atoms with Crippen molar-refractivity contribution in [3.05, 3.63) is 247 Å². The standard InChI is InChI=1S/C60H37N3O/c1-4-16-39(17-5-1)52-37-53(63-59(62-52)42-20-8-3-9-21-42)40-30-28-38(29-31-40)43-32-35-51-46(36-43)56-45(58(61-51)41-18-6-2-7-19-41)33-34-50-57(56)44-22-10-11-23-47(44)60(50)48-24-12-14-26-54(48)64-55-27-15-13-25-49(55)60/h1-37H. The van der Waals surface area contributed by atoms with Gasteiger partial charge in [-0.2, -0.15) is 0 Å². The van der Waals surface area contributed by atoms with Crippen LogP contribution < -0.4 is 4.74 Å². The maximum Gasteiger partial charge on any atom is 0.160 e. The fourth-order valence-corrected chi connectivity index (χ4v) is 10.3. The van der Waals surface area contributed by atoms with Crippen molar-refractivity contribution in [3.63, 3.8) is 0 Å². The van der Waals surface area contributed by atoms with Crippen LogP contribution >= 0.6 is 0 Å². The highest BCUT2D eigenvalue weighted by atomic mass is 16.5. The lowest BCUT2D eigenvalue weighted by molar-refractivity contribution is 0.436. The minimum absolute atomic E-state index is 0.580. The zero-order valence-corrected chi connectivity index (χ0v) is 34.6. The first-order valence-electron chi connectivity index (χ1n) is 21.8. The summed E-state index contributed by atoms with van der Waals surface area (Å²) < 4.78 is 6.67. The van der Waals surface area contributed by atoms with Gasteiger partial charge in [0.25, 0.3) is 0 Å². The van der Waals surface area contributed by atoms with Gasteiger partial charge in [0.05, 0.1) is 28.0 Å². The number of aromatic nitrogens is 3. The lowest BCUT2D eigenvalue weighted by Gasteiger charge is -2.39. The Hall–Kier alpha value is -8.47. The van der Waals surface area contributed by atoms with E-state index in [1.54, 1.807) is 0 Å². The number of para-hydroxylation sites is 2. The van der Waals surface area contributed by atoms with Gasteiger partial charge < -0.3 is 4.74 Å². The molecule has 64 heavy (non-hydrogen) atoms. The molecule has 0 amide bonds. The quantitative estimate of drug-likeness (QED) is 0.162. The zero-order chi connectivity index (χ0) is 42.2. The molecular formula is C60H37N3O. The molecule has 1 spiro atoms. The molecule has 0 atom stereocenters. The molecule has 3 heterocycles. The van der Waals surface area contributed by atoms with Gasteiger partial charge >= 0.3 is 0 Å². The Bertz CT molecular complexity index is 3520. The number of ether oxygens (including phenoxy) is 1. The van der Waals surface area contributed by atoms with Crippen LogP contribution in [0.15, 0.2) is 224 Å². The van der Waals surface area contributed by atoms with Crippen LogP contribution in [-0.2, 0) is 5.41 Å². The summed E-state index contributed by atoms with van der Waals surface area (Å²) in [5.41, 5.74) is 16.8. The maximum atomic E-state index is 6.67. The van der Waals surface area contributed by atoms with E-state index in [-0.39, 0.29) is 0 Å². The van der Waals surface area contributed by atoms with E-state index in [1.165, 1.54) is 27.6 Å². The molecule has 0 radical (unpaired) electrons. The Labute approximate surface area is 370 Å². The lowest BCUT2D eigenvalue weighted by Crippen LogP contribution is -2.32. The summed E-state index contributed by atoms with van der Waals surface area (Å²) in [6, 6.07) is 79.5.